The largest absolute Gasteiger partial charge is 0.480 e. The molecule has 11 nitrogen and oxygen atoms in total. The van der Waals surface area contributed by atoms with Gasteiger partial charge in [0, 0.05) is 24.7 Å². The maximum absolute atomic E-state index is 13.5. The van der Waals surface area contributed by atoms with Crippen LogP contribution in [0.15, 0.2) is 73.2 Å². The van der Waals surface area contributed by atoms with Crippen molar-refractivity contribution in [2.24, 2.45) is 5.73 Å². The number of carbonyl (C=O) groups is 4. The Hall–Kier alpha value is -4.16. The summed E-state index contributed by atoms with van der Waals surface area (Å²) in [4.78, 5) is 58.3. The molecule has 0 aliphatic carbocycles. The van der Waals surface area contributed by atoms with Gasteiger partial charge in [0.25, 0.3) is 0 Å². The van der Waals surface area contributed by atoms with E-state index in [0.29, 0.717) is 11.4 Å². The molecule has 4 unspecified atom stereocenters. The molecule has 1 aromatic heterocycles. The van der Waals surface area contributed by atoms with Crippen molar-refractivity contribution < 1.29 is 24.3 Å². The molecule has 3 rings (SSSR count). The van der Waals surface area contributed by atoms with Gasteiger partial charge >= 0.3 is 5.97 Å². The van der Waals surface area contributed by atoms with E-state index in [1.807, 2.05) is 66.9 Å². The van der Waals surface area contributed by atoms with Gasteiger partial charge in [-0.15, -0.1) is 0 Å². The number of benzene rings is 2. The number of rotatable bonds is 16. The lowest BCUT2D eigenvalue weighted by atomic mass is 10.0. The Balaban J connectivity index is 1.73. The van der Waals surface area contributed by atoms with Crippen LogP contribution in [0.1, 0.15) is 23.2 Å². The number of aromatic amines is 1. The summed E-state index contributed by atoms with van der Waals surface area (Å²) in [5, 5.41) is 17.7. The molecule has 0 bridgehead atoms. The average Bonchev–Trinajstić information content (AvgIpc) is 3.48. The van der Waals surface area contributed by atoms with Gasteiger partial charge in [0.2, 0.25) is 17.7 Å². The Kier molecular flexibility index (Phi) is 12.4. The summed E-state index contributed by atoms with van der Waals surface area (Å²) in [5.74, 6) is -2.39. The van der Waals surface area contributed by atoms with Crippen molar-refractivity contribution in [3.05, 3.63) is 90.0 Å². The van der Waals surface area contributed by atoms with Crippen molar-refractivity contribution in [3.8, 4) is 0 Å². The Morgan fingerprint density at radius 2 is 1.39 bits per heavy atom. The van der Waals surface area contributed by atoms with Crippen molar-refractivity contribution in [2.45, 2.75) is 49.9 Å². The summed E-state index contributed by atoms with van der Waals surface area (Å²) < 4.78 is 0. The van der Waals surface area contributed by atoms with Crippen LogP contribution in [-0.4, -0.2) is 74.9 Å². The van der Waals surface area contributed by atoms with Gasteiger partial charge in [-0.3, -0.25) is 14.4 Å². The van der Waals surface area contributed by atoms with Gasteiger partial charge in [-0.2, -0.15) is 11.8 Å². The molecule has 2 aromatic carbocycles. The van der Waals surface area contributed by atoms with Gasteiger partial charge in [0.15, 0.2) is 0 Å². The zero-order chi connectivity index (χ0) is 29.6. The van der Waals surface area contributed by atoms with Crippen LogP contribution in [0.4, 0.5) is 0 Å². The first-order chi connectivity index (χ1) is 19.8. The number of carboxylic acids is 1. The number of thioether (sulfide) groups is 1. The minimum atomic E-state index is -1.23. The van der Waals surface area contributed by atoms with E-state index in [1.165, 1.54) is 24.3 Å². The number of hydrogen-bond donors (Lipinski definition) is 6. The molecule has 0 aliphatic rings. The summed E-state index contributed by atoms with van der Waals surface area (Å²) in [6, 6.07) is 14.3. The van der Waals surface area contributed by atoms with Crippen LogP contribution >= 0.6 is 11.8 Å². The highest BCUT2D eigenvalue weighted by atomic mass is 32.2. The van der Waals surface area contributed by atoms with Gasteiger partial charge in [-0.25, -0.2) is 9.78 Å². The summed E-state index contributed by atoms with van der Waals surface area (Å²) in [6.07, 6.45) is 5.48. The summed E-state index contributed by atoms with van der Waals surface area (Å²) in [5.41, 5.74) is 8.40. The number of nitrogens with two attached hydrogens (primary N) is 1. The molecule has 0 saturated heterocycles. The number of hydrogen-bond acceptors (Lipinski definition) is 7. The van der Waals surface area contributed by atoms with Crippen LogP contribution in [-0.2, 0) is 38.4 Å². The second-order valence-corrected chi connectivity index (χ2v) is 10.6. The fourth-order valence-electron chi connectivity index (χ4n) is 4.16. The lowest BCUT2D eigenvalue weighted by molar-refractivity contribution is -0.142. The smallest absolute Gasteiger partial charge is 0.326 e. The SMILES string of the molecule is CSCCC(NC(=O)C(Cc1ccccc1)NC(=O)C(N)Cc1ccccc1)C(=O)NC(Cc1cnc[nH]1)C(=O)O. The first-order valence-electron chi connectivity index (χ1n) is 13.2. The predicted octanol–water partition coefficient (Wildman–Crippen LogP) is 1.06. The third-order valence-electron chi connectivity index (χ3n) is 6.39. The quantitative estimate of drug-likeness (QED) is 0.146. The molecule has 41 heavy (non-hydrogen) atoms. The molecule has 218 valence electrons. The zero-order valence-electron chi connectivity index (χ0n) is 22.8. The molecule has 0 saturated carbocycles. The van der Waals surface area contributed by atoms with Gasteiger partial charge in [-0.1, -0.05) is 60.7 Å². The molecular weight excluding hydrogens is 544 g/mol. The summed E-state index contributed by atoms with van der Waals surface area (Å²) >= 11 is 1.48. The van der Waals surface area contributed by atoms with E-state index in [4.69, 9.17) is 5.73 Å². The Labute approximate surface area is 243 Å². The van der Waals surface area contributed by atoms with Crippen LogP contribution in [0.5, 0.6) is 0 Å². The Morgan fingerprint density at radius 1 is 0.829 bits per heavy atom. The minimum Gasteiger partial charge on any atom is -0.480 e. The Bertz CT molecular complexity index is 1260. The number of nitrogens with one attached hydrogen (secondary N) is 4. The van der Waals surface area contributed by atoms with Gasteiger partial charge in [0.1, 0.15) is 18.1 Å². The van der Waals surface area contributed by atoms with Crippen molar-refractivity contribution in [1.29, 1.82) is 0 Å². The minimum absolute atomic E-state index is 0.00371. The fraction of sp³-hybridized carbons (Fsp3) is 0.345. The third-order valence-corrected chi connectivity index (χ3v) is 7.03. The molecule has 12 heteroatoms. The van der Waals surface area contributed by atoms with Crippen LogP contribution in [0.3, 0.4) is 0 Å². The second kappa shape index (κ2) is 16.2. The van der Waals surface area contributed by atoms with Crippen LogP contribution in [0.2, 0.25) is 0 Å². The van der Waals surface area contributed by atoms with Crippen molar-refractivity contribution in [1.82, 2.24) is 25.9 Å². The molecule has 3 aromatic rings. The van der Waals surface area contributed by atoms with Crippen molar-refractivity contribution >= 4 is 35.5 Å². The average molecular weight is 581 g/mol. The number of nitrogens with zero attached hydrogens (tertiary/aromatic N) is 1. The first kappa shape index (κ1) is 31.4. The second-order valence-electron chi connectivity index (χ2n) is 9.57. The molecule has 0 spiro atoms. The van der Waals surface area contributed by atoms with Crippen molar-refractivity contribution in [2.75, 3.05) is 12.0 Å². The van der Waals surface area contributed by atoms with E-state index in [2.05, 4.69) is 25.9 Å². The molecule has 0 aliphatic heterocycles. The number of carbonyl (C=O) groups excluding carboxylic acids is 3. The highest BCUT2D eigenvalue weighted by molar-refractivity contribution is 7.98. The van der Waals surface area contributed by atoms with Gasteiger partial charge in [-0.05, 0) is 36.0 Å². The number of H-pyrrole nitrogens is 1. The monoisotopic (exact) mass is 580 g/mol. The number of carboxylic acid groups (broad SMARTS) is 1. The molecule has 3 amide bonds. The highest BCUT2D eigenvalue weighted by Gasteiger charge is 2.30. The lowest BCUT2D eigenvalue weighted by Crippen LogP contribution is -2.58. The maximum Gasteiger partial charge on any atom is 0.326 e. The van der Waals surface area contributed by atoms with E-state index in [-0.39, 0.29) is 25.7 Å². The molecule has 1 heterocycles. The van der Waals surface area contributed by atoms with Gasteiger partial charge in [0.05, 0.1) is 12.4 Å². The molecule has 7 N–H and O–H groups in total. The summed E-state index contributed by atoms with van der Waals surface area (Å²) in [6.45, 7) is 0. The lowest BCUT2D eigenvalue weighted by Gasteiger charge is -2.25. The standard InChI is InChI=1S/C29H36N6O5S/c1-41-13-12-23(27(37)35-25(29(39)40)16-21-17-31-18-32-21)33-28(38)24(15-20-10-6-3-7-11-20)34-26(36)22(30)14-19-8-4-2-5-9-19/h2-11,17-18,22-25H,12-16,30H2,1H3,(H,31,32)(H,33,38)(H,34,36)(H,35,37)(H,39,40). The fourth-order valence-corrected chi connectivity index (χ4v) is 4.64. The molecule has 4 atom stereocenters. The van der Waals surface area contributed by atoms with E-state index >= 15 is 0 Å². The predicted molar refractivity (Wildman–Crippen MR) is 157 cm³/mol. The zero-order valence-corrected chi connectivity index (χ0v) is 23.6. The topological polar surface area (TPSA) is 179 Å². The molecular formula is C29H36N6O5S. The molecule has 0 fully saturated rings. The number of aromatic nitrogens is 2. The first-order valence-corrected chi connectivity index (χ1v) is 14.6. The molecule has 0 radical (unpaired) electrons. The highest BCUT2D eigenvalue weighted by Crippen LogP contribution is 2.09. The van der Waals surface area contributed by atoms with Crippen molar-refractivity contribution in [3.63, 3.8) is 0 Å². The number of aliphatic carboxylic acids is 1. The van der Waals surface area contributed by atoms with Crippen LogP contribution in [0, 0.1) is 0 Å². The summed E-state index contributed by atoms with van der Waals surface area (Å²) in [7, 11) is 0. The van der Waals surface area contributed by atoms with E-state index in [0.717, 1.165) is 11.1 Å². The number of imidazole rings is 1. The Morgan fingerprint density at radius 3 is 1.95 bits per heavy atom. The maximum atomic E-state index is 13.5. The number of amides is 3. The van der Waals surface area contributed by atoms with E-state index in [1.54, 1.807) is 0 Å². The normalized spacial score (nSPS) is 13.8. The van der Waals surface area contributed by atoms with E-state index in [9.17, 15) is 24.3 Å². The van der Waals surface area contributed by atoms with Crippen LogP contribution in [0.25, 0.3) is 0 Å². The van der Waals surface area contributed by atoms with E-state index < -0.39 is 47.9 Å². The van der Waals surface area contributed by atoms with Crippen LogP contribution < -0.4 is 21.7 Å². The third kappa shape index (κ3) is 10.4. The van der Waals surface area contributed by atoms with Gasteiger partial charge < -0.3 is 31.8 Å².